The second-order valence-electron chi connectivity index (χ2n) is 9.94. The normalized spacial score (nSPS) is 20.6. The number of benzene rings is 1. The number of aromatic nitrogens is 2. The van der Waals surface area contributed by atoms with Gasteiger partial charge in [-0.25, -0.2) is 9.97 Å². The summed E-state index contributed by atoms with van der Waals surface area (Å²) in [4.78, 5) is 25.3. The predicted octanol–water partition coefficient (Wildman–Crippen LogP) is 5.49. The number of alkyl halides is 3. The van der Waals surface area contributed by atoms with Crippen molar-refractivity contribution < 1.29 is 18.0 Å². The smallest absolute Gasteiger partial charge is 0.352 e. The lowest BCUT2D eigenvalue weighted by Gasteiger charge is -2.42. The van der Waals surface area contributed by atoms with Crippen LogP contribution >= 0.6 is 11.3 Å². The topological polar surface area (TPSA) is 73.1 Å². The third-order valence-electron chi connectivity index (χ3n) is 7.31. The number of piperazine rings is 1. The molecule has 1 aliphatic heterocycles. The Bertz CT molecular complexity index is 1370. The lowest BCUT2D eigenvalue weighted by atomic mass is 9.98. The van der Waals surface area contributed by atoms with Gasteiger partial charge >= 0.3 is 6.18 Å². The zero-order chi connectivity index (χ0) is 25.0. The number of hydrogen-bond donors (Lipinski definition) is 0. The highest BCUT2D eigenvalue weighted by atomic mass is 32.1. The predicted molar refractivity (Wildman–Crippen MR) is 131 cm³/mol. The number of halogens is 3. The molecule has 1 amide bonds. The molecule has 36 heavy (non-hydrogen) atoms. The number of anilines is 1. The fourth-order valence-electron chi connectivity index (χ4n) is 5.23. The van der Waals surface area contributed by atoms with Gasteiger partial charge < -0.3 is 9.80 Å². The van der Waals surface area contributed by atoms with Crippen LogP contribution in [0.25, 0.3) is 21.3 Å². The van der Waals surface area contributed by atoms with Crippen LogP contribution in [0.15, 0.2) is 29.8 Å². The Labute approximate surface area is 210 Å². The largest absolute Gasteiger partial charge is 0.397 e. The van der Waals surface area contributed by atoms with E-state index in [1.165, 1.54) is 4.90 Å². The van der Waals surface area contributed by atoms with Gasteiger partial charge in [0.2, 0.25) is 5.91 Å². The summed E-state index contributed by atoms with van der Waals surface area (Å²) in [6.07, 6.45) is -2.06. The van der Waals surface area contributed by atoms with Crippen molar-refractivity contribution in [3.63, 3.8) is 0 Å². The second kappa shape index (κ2) is 8.73. The number of carbonyl (C=O) groups excluding carboxylic acids is 1. The number of rotatable bonds is 5. The molecule has 3 aliphatic rings. The van der Waals surface area contributed by atoms with Crippen LogP contribution in [0.1, 0.15) is 49.3 Å². The van der Waals surface area contributed by atoms with E-state index in [0.717, 1.165) is 52.7 Å². The van der Waals surface area contributed by atoms with Crippen LogP contribution in [0, 0.1) is 17.2 Å². The minimum absolute atomic E-state index is 0.198. The maximum atomic E-state index is 12.9. The maximum Gasteiger partial charge on any atom is 0.397 e. The van der Waals surface area contributed by atoms with Crippen molar-refractivity contribution >= 4 is 33.3 Å². The Morgan fingerprint density at radius 1 is 1.17 bits per heavy atom. The van der Waals surface area contributed by atoms with Crippen LogP contribution in [0.4, 0.5) is 19.0 Å². The second-order valence-corrected chi connectivity index (χ2v) is 10.8. The molecule has 6 rings (SSSR count). The summed E-state index contributed by atoms with van der Waals surface area (Å²) in [5, 5.41) is 10.0. The first-order chi connectivity index (χ1) is 17.3. The Morgan fingerprint density at radius 3 is 2.67 bits per heavy atom. The monoisotopic (exact) mass is 511 g/mol. The summed E-state index contributed by atoms with van der Waals surface area (Å²) in [5.74, 6) is 0.247. The summed E-state index contributed by atoms with van der Waals surface area (Å²) in [6.45, 7) is 0.947. The van der Waals surface area contributed by atoms with Gasteiger partial charge in [-0.15, -0.1) is 11.3 Å². The molecule has 0 bridgehead atoms. The molecule has 1 unspecified atom stereocenters. The number of carbonyl (C=O) groups is 1. The van der Waals surface area contributed by atoms with Gasteiger partial charge in [-0.2, -0.15) is 18.4 Å². The Kier molecular flexibility index (Phi) is 5.63. The minimum atomic E-state index is -4.52. The molecule has 1 atom stereocenters. The SMILES string of the molecule is N#Cc1cc(-c2ccc3ncsc3c2)c(C2CC2)nc1N1CCN(C(=O)CC(F)(F)F)C(C2CC2)C1. The maximum absolute atomic E-state index is 12.9. The summed E-state index contributed by atoms with van der Waals surface area (Å²) in [5.41, 5.74) is 6.11. The van der Waals surface area contributed by atoms with Gasteiger partial charge in [-0.1, -0.05) is 6.07 Å². The molecule has 6 nitrogen and oxygen atoms in total. The quantitative estimate of drug-likeness (QED) is 0.453. The van der Waals surface area contributed by atoms with E-state index < -0.39 is 18.5 Å². The number of amides is 1. The lowest BCUT2D eigenvalue weighted by molar-refractivity contribution is -0.163. The first-order valence-corrected chi connectivity index (χ1v) is 13.1. The molecule has 10 heteroatoms. The van der Waals surface area contributed by atoms with E-state index in [0.29, 0.717) is 30.4 Å². The van der Waals surface area contributed by atoms with Crippen LogP contribution in [0.2, 0.25) is 0 Å². The van der Waals surface area contributed by atoms with E-state index in [1.54, 1.807) is 11.3 Å². The van der Waals surface area contributed by atoms with Gasteiger partial charge in [-0.05, 0) is 55.4 Å². The van der Waals surface area contributed by atoms with Crippen molar-refractivity contribution in [2.75, 3.05) is 24.5 Å². The number of nitrogens with zero attached hydrogens (tertiary/aromatic N) is 5. The summed E-state index contributed by atoms with van der Waals surface area (Å²) < 4.78 is 39.8. The third-order valence-corrected chi connectivity index (χ3v) is 8.11. The molecule has 0 spiro atoms. The molecule has 0 N–H and O–H groups in total. The molecule has 1 saturated heterocycles. The van der Waals surface area contributed by atoms with E-state index in [1.807, 2.05) is 28.6 Å². The van der Waals surface area contributed by atoms with Gasteiger partial charge in [0.15, 0.2) is 0 Å². The molecule has 3 fully saturated rings. The molecule has 186 valence electrons. The van der Waals surface area contributed by atoms with Crippen LogP contribution in [0.3, 0.4) is 0 Å². The van der Waals surface area contributed by atoms with E-state index in [-0.39, 0.29) is 18.5 Å². The van der Waals surface area contributed by atoms with Gasteiger partial charge in [0, 0.05) is 31.1 Å². The highest BCUT2D eigenvalue weighted by Crippen LogP contribution is 2.46. The van der Waals surface area contributed by atoms with Crippen molar-refractivity contribution in [2.45, 2.75) is 50.2 Å². The Balaban J connectivity index is 1.33. The summed E-state index contributed by atoms with van der Waals surface area (Å²) >= 11 is 1.57. The van der Waals surface area contributed by atoms with Gasteiger partial charge in [0.05, 0.1) is 33.0 Å². The number of thiazole rings is 1. The van der Waals surface area contributed by atoms with Crippen LogP contribution in [-0.2, 0) is 4.79 Å². The van der Waals surface area contributed by atoms with E-state index >= 15 is 0 Å². The van der Waals surface area contributed by atoms with Gasteiger partial charge in [0.1, 0.15) is 18.3 Å². The van der Waals surface area contributed by atoms with E-state index in [9.17, 15) is 23.2 Å². The van der Waals surface area contributed by atoms with Crippen molar-refractivity contribution in [1.29, 1.82) is 5.26 Å². The van der Waals surface area contributed by atoms with Crippen LogP contribution in [0.5, 0.6) is 0 Å². The van der Waals surface area contributed by atoms with E-state index in [2.05, 4.69) is 17.1 Å². The Hall–Kier alpha value is -3.19. The summed E-state index contributed by atoms with van der Waals surface area (Å²) in [7, 11) is 0. The highest BCUT2D eigenvalue weighted by Gasteiger charge is 2.44. The minimum Gasteiger partial charge on any atom is -0.352 e. The lowest BCUT2D eigenvalue weighted by Crippen LogP contribution is -2.57. The van der Waals surface area contributed by atoms with Gasteiger partial charge in [0.25, 0.3) is 0 Å². The molecule has 1 aromatic carbocycles. The first-order valence-electron chi connectivity index (χ1n) is 12.2. The average Bonchev–Trinajstić information content (AvgIpc) is 3.79. The standard InChI is InChI=1S/C26H24F3N5OS/c27-26(28,29)11-23(35)34-8-7-33(13-21(34)15-1-2-15)25-18(12-30)9-19(24(32-25)16-3-4-16)17-5-6-20-22(10-17)36-14-31-20/h5-6,9-10,14-16,21H,1-4,7-8,11,13H2. The summed E-state index contributed by atoms with van der Waals surface area (Å²) in [6, 6.07) is 10.0. The van der Waals surface area contributed by atoms with Crippen LogP contribution < -0.4 is 4.90 Å². The molecule has 2 saturated carbocycles. The zero-order valence-corrected chi connectivity index (χ0v) is 20.3. The van der Waals surface area contributed by atoms with Crippen molar-refractivity contribution in [3.05, 3.63) is 41.0 Å². The molecule has 3 aromatic rings. The van der Waals surface area contributed by atoms with Gasteiger partial charge in [-0.3, -0.25) is 4.79 Å². The first kappa shape index (κ1) is 23.2. The average molecular weight is 512 g/mol. The number of hydrogen-bond acceptors (Lipinski definition) is 6. The molecular formula is C26H24F3N5OS. The molecule has 2 aliphatic carbocycles. The zero-order valence-electron chi connectivity index (χ0n) is 19.5. The fraction of sp³-hybridized carbons (Fsp3) is 0.462. The molecule has 2 aromatic heterocycles. The van der Waals surface area contributed by atoms with Crippen molar-refractivity contribution in [3.8, 4) is 17.2 Å². The Morgan fingerprint density at radius 2 is 1.97 bits per heavy atom. The van der Waals surface area contributed by atoms with Crippen LogP contribution in [-0.4, -0.2) is 52.6 Å². The molecule has 3 heterocycles. The van der Waals surface area contributed by atoms with E-state index in [4.69, 9.17) is 4.98 Å². The van der Waals surface area contributed by atoms with Crippen molar-refractivity contribution in [2.24, 2.45) is 5.92 Å². The number of fused-ring (bicyclic) bond motifs is 1. The third kappa shape index (κ3) is 4.52. The molecular weight excluding hydrogens is 487 g/mol. The highest BCUT2D eigenvalue weighted by molar-refractivity contribution is 7.16. The molecule has 0 radical (unpaired) electrons. The van der Waals surface area contributed by atoms with Crippen molar-refractivity contribution in [1.82, 2.24) is 14.9 Å². The number of pyridine rings is 1. The number of nitriles is 1. The fourth-order valence-corrected chi connectivity index (χ4v) is 5.95.